The first-order valence-electron chi connectivity index (χ1n) is 7.53. The molecule has 2 heteroatoms. The van der Waals surface area contributed by atoms with Crippen molar-refractivity contribution in [2.75, 3.05) is 18.0 Å². The molecular formula is C17H26FN. The summed E-state index contributed by atoms with van der Waals surface area (Å²) >= 11 is 0. The molecule has 0 aromatic heterocycles. The summed E-state index contributed by atoms with van der Waals surface area (Å²) in [6.45, 7) is 10.8. The predicted molar refractivity (Wildman–Crippen MR) is 80.3 cm³/mol. The number of hydrogen-bond donors (Lipinski definition) is 0. The second kappa shape index (κ2) is 5.94. The quantitative estimate of drug-likeness (QED) is 0.755. The molecule has 1 aliphatic rings. The maximum atomic E-state index is 14.2. The fourth-order valence-electron chi connectivity index (χ4n) is 2.95. The minimum absolute atomic E-state index is 0.0609. The SMILES string of the molecule is CC(C)c1ccc(N2CCC(C(C)C)CC2)c(F)c1. The maximum absolute atomic E-state index is 14.2. The molecule has 1 fully saturated rings. The van der Waals surface area contributed by atoms with Crippen LogP contribution in [0.15, 0.2) is 18.2 Å². The van der Waals surface area contributed by atoms with Gasteiger partial charge in [-0.05, 0) is 48.3 Å². The molecule has 106 valence electrons. The second-order valence-corrected chi connectivity index (χ2v) is 6.43. The Labute approximate surface area is 116 Å². The highest BCUT2D eigenvalue weighted by Gasteiger charge is 2.23. The minimum atomic E-state index is -0.0609. The van der Waals surface area contributed by atoms with E-state index >= 15 is 0 Å². The van der Waals surface area contributed by atoms with Crippen molar-refractivity contribution in [3.63, 3.8) is 0 Å². The fourth-order valence-corrected chi connectivity index (χ4v) is 2.95. The van der Waals surface area contributed by atoms with Crippen molar-refractivity contribution in [3.05, 3.63) is 29.6 Å². The van der Waals surface area contributed by atoms with Gasteiger partial charge in [0, 0.05) is 13.1 Å². The third kappa shape index (κ3) is 3.29. The van der Waals surface area contributed by atoms with Gasteiger partial charge in [0.25, 0.3) is 0 Å². The van der Waals surface area contributed by atoms with E-state index in [-0.39, 0.29) is 5.82 Å². The van der Waals surface area contributed by atoms with Crippen LogP contribution in [0.5, 0.6) is 0 Å². The van der Waals surface area contributed by atoms with Crippen LogP contribution in [0, 0.1) is 17.7 Å². The summed E-state index contributed by atoms with van der Waals surface area (Å²) in [5.74, 6) is 1.87. The molecule has 0 bridgehead atoms. The first kappa shape index (κ1) is 14.4. The molecule has 1 aliphatic heterocycles. The van der Waals surface area contributed by atoms with Crippen LogP contribution in [-0.4, -0.2) is 13.1 Å². The zero-order chi connectivity index (χ0) is 14.0. The summed E-state index contributed by atoms with van der Waals surface area (Å²) in [6.07, 6.45) is 2.37. The van der Waals surface area contributed by atoms with Crippen molar-refractivity contribution < 1.29 is 4.39 Å². The Morgan fingerprint density at radius 3 is 2.21 bits per heavy atom. The van der Waals surface area contributed by atoms with Crippen LogP contribution in [0.1, 0.15) is 52.0 Å². The highest BCUT2D eigenvalue weighted by Crippen LogP contribution is 2.30. The fraction of sp³-hybridized carbons (Fsp3) is 0.647. The molecule has 1 aromatic rings. The van der Waals surface area contributed by atoms with E-state index in [1.165, 1.54) is 12.8 Å². The smallest absolute Gasteiger partial charge is 0.146 e. The van der Waals surface area contributed by atoms with Crippen molar-refractivity contribution in [1.82, 2.24) is 0 Å². The van der Waals surface area contributed by atoms with Crippen LogP contribution in [0.25, 0.3) is 0 Å². The summed E-state index contributed by atoms with van der Waals surface area (Å²) in [4.78, 5) is 2.21. The van der Waals surface area contributed by atoms with Crippen LogP contribution >= 0.6 is 0 Å². The van der Waals surface area contributed by atoms with Crippen molar-refractivity contribution in [2.24, 2.45) is 11.8 Å². The van der Waals surface area contributed by atoms with Crippen LogP contribution in [0.2, 0.25) is 0 Å². The van der Waals surface area contributed by atoms with E-state index in [0.717, 1.165) is 36.2 Å². The maximum Gasteiger partial charge on any atom is 0.146 e. The molecule has 19 heavy (non-hydrogen) atoms. The Morgan fingerprint density at radius 1 is 1.11 bits per heavy atom. The molecule has 2 rings (SSSR count). The average Bonchev–Trinajstić information content (AvgIpc) is 2.38. The highest BCUT2D eigenvalue weighted by molar-refractivity contribution is 5.50. The standard InChI is InChI=1S/C17H26FN/c1-12(2)14-7-9-19(10-8-14)17-6-5-15(13(3)4)11-16(17)18/h5-6,11-14H,7-10H2,1-4H3. The lowest BCUT2D eigenvalue weighted by atomic mass is 9.86. The van der Waals surface area contributed by atoms with E-state index in [0.29, 0.717) is 5.92 Å². The van der Waals surface area contributed by atoms with E-state index in [1.54, 1.807) is 6.07 Å². The topological polar surface area (TPSA) is 3.24 Å². The molecule has 1 nitrogen and oxygen atoms in total. The summed E-state index contributed by atoms with van der Waals surface area (Å²) in [5, 5.41) is 0. The van der Waals surface area contributed by atoms with Crippen LogP contribution in [-0.2, 0) is 0 Å². The third-order valence-electron chi connectivity index (χ3n) is 4.46. The molecule has 0 amide bonds. The molecule has 0 unspecified atom stereocenters. The number of halogens is 1. The van der Waals surface area contributed by atoms with Gasteiger partial charge in [0.05, 0.1) is 5.69 Å². The number of hydrogen-bond acceptors (Lipinski definition) is 1. The molecule has 0 saturated carbocycles. The van der Waals surface area contributed by atoms with Gasteiger partial charge in [-0.2, -0.15) is 0 Å². The van der Waals surface area contributed by atoms with Crippen molar-refractivity contribution in [1.29, 1.82) is 0 Å². The molecule has 1 saturated heterocycles. The molecule has 0 N–H and O–H groups in total. The molecule has 0 aliphatic carbocycles. The Morgan fingerprint density at radius 2 is 1.74 bits per heavy atom. The van der Waals surface area contributed by atoms with Crippen molar-refractivity contribution >= 4 is 5.69 Å². The largest absolute Gasteiger partial charge is 0.369 e. The Balaban J connectivity index is 2.07. The summed E-state index contributed by atoms with van der Waals surface area (Å²) in [7, 11) is 0. The Bertz CT molecular complexity index is 417. The van der Waals surface area contributed by atoms with E-state index in [1.807, 2.05) is 6.07 Å². The van der Waals surface area contributed by atoms with Gasteiger partial charge >= 0.3 is 0 Å². The van der Waals surface area contributed by atoms with Crippen LogP contribution in [0.3, 0.4) is 0 Å². The summed E-state index contributed by atoms with van der Waals surface area (Å²) in [5.41, 5.74) is 1.87. The van der Waals surface area contributed by atoms with Gasteiger partial charge in [0.2, 0.25) is 0 Å². The van der Waals surface area contributed by atoms with Crippen LogP contribution < -0.4 is 4.90 Å². The van der Waals surface area contributed by atoms with E-state index in [2.05, 4.69) is 38.7 Å². The first-order chi connectivity index (χ1) is 8.99. The van der Waals surface area contributed by atoms with Gasteiger partial charge in [-0.3, -0.25) is 0 Å². The number of anilines is 1. The number of rotatable bonds is 3. The monoisotopic (exact) mass is 263 g/mol. The summed E-state index contributed by atoms with van der Waals surface area (Å²) < 4.78 is 14.2. The van der Waals surface area contributed by atoms with E-state index < -0.39 is 0 Å². The van der Waals surface area contributed by atoms with Gasteiger partial charge in [-0.1, -0.05) is 33.8 Å². The predicted octanol–water partition coefficient (Wildman–Crippen LogP) is 4.82. The lowest BCUT2D eigenvalue weighted by Crippen LogP contribution is -2.35. The number of nitrogens with zero attached hydrogens (tertiary/aromatic N) is 1. The van der Waals surface area contributed by atoms with Gasteiger partial charge in [0.15, 0.2) is 0 Å². The van der Waals surface area contributed by atoms with Crippen molar-refractivity contribution in [2.45, 2.75) is 46.5 Å². The van der Waals surface area contributed by atoms with Gasteiger partial charge in [-0.25, -0.2) is 4.39 Å². The van der Waals surface area contributed by atoms with Gasteiger partial charge < -0.3 is 4.90 Å². The average molecular weight is 263 g/mol. The Hall–Kier alpha value is -1.05. The number of piperidine rings is 1. The van der Waals surface area contributed by atoms with Gasteiger partial charge in [0.1, 0.15) is 5.82 Å². The van der Waals surface area contributed by atoms with E-state index in [9.17, 15) is 4.39 Å². The minimum Gasteiger partial charge on any atom is -0.369 e. The summed E-state index contributed by atoms with van der Waals surface area (Å²) in [6, 6.07) is 5.73. The molecule has 0 spiro atoms. The van der Waals surface area contributed by atoms with Crippen molar-refractivity contribution in [3.8, 4) is 0 Å². The lowest BCUT2D eigenvalue weighted by Gasteiger charge is -2.35. The zero-order valence-corrected chi connectivity index (χ0v) is 12.6. The highest BCUT2D eigenvalue weighted by atomic mass is 19.1. The molecular weight excluding hydrogens is 237 g/mol. The first-order valence-corrected chi connectivity index (χ1v) is 7.53. The second-order valence-electron chi connectivity index (χ2n) is 6.43. The third-order valence-corrected chi connectivity index (χ3v) is 4.46. The Kier molecular flexibility index (Phi) is 4.49. The molecule has 1 aromatic carbocycles. The lowest BCUT2D eigenvalue weighted by molar-refractivity contribution is 0.310. The van der Waals surface area contributed by atoms with Gasteiger partial charge in [-0.15, -0.1) is 0 Å². The van der Waals surface area contributed by atoms with Crippen LogP contribution in [0.4, 0.5) is 10.1 Å². The normalized spacial score (nSPS) is 17.5. The molecule has 0 radical (unpaired) electrons. The van der Waals surface area contributed by atoms with E-state index in [4.69, 9.17) is 0 Å². The number of benzene rings is 1. The molecule has 0 atom stereocenters. The molecule has 1 heterocycles. The zero-order valence-electron chi connectivity index (χ0n) is 12.6.